The summed E-state index contributed by atoms with van der Waals surface area (Å²) in [7, 11) is -3.38. The largest absolute Gasteiger partial charge is 0.476 e. The number of carboxylic acid groups (broad SMARTS) is 1. The first-order chi connectivity index (χ1) is 12.7. The van der Waals surface area contributed by atoms with Crippen molar-refractivity contribution in [2.45, 2.75) is 18.9 Å². The van der Waals surface area contributed by atoms with Crippen molar-refractivity contribution in [3.05, 3.63) is 47.8 Å². The van der Waals surface area contributed by atoms with Gasteiger partial charge in [0, 0.05) is 25.2 Å². The number of nitrogens with one attached hydrogen (secondary N) is 1. The number of carbonyl (C=O) groups is 2. The Hall–Kier alpha value is -2.72. The number of likely N-dealkylation sites (tertiary alicyclic amines) is 1. The van der Waals surface area contributed by atoms with Gasteiger partial charge in [0.25, 0.3) is 5.91 Å². The Labute approximate surface area is 156 Å². The van der Waals surface area contributed by atoms with Crippen molar-refractivity contribution in [3.63, 3.8) is 0 Å². The quantitative estimate of drug-likeness (QED) is 0.773. The van der Waals surface area contributed by atoms with Crippen LogP contribution in [0.15, 0.2) is 36.4 Å². The van der Waals surface area contributed by atoms with Gasteiger partial charge in [-0.3, -0.25) is 4.79 Å². The first-order valence-electron chi connectivity index (χ1n) is 8.40. The van der Waals surface area contributed by atoms with Crippen molar-refractivity contribution >= 4 is 21.9 Å². The summed E-state index contributed by atoms with van der Waals surface area (Å²) in [5, 5.41) is 13.3. The molecule has 144 valence electrons. The van der Waals surface area contributed by atoms with E-state index < -0.39 is 16.0 Å². The molecule has 1 aromatic carbocycles. The number of carboxylic acids is 1. The smallest absolute Gasteiger partial charge is 0.356 e. The molecule has 0 aliphatic carbocycles. The Morgan fingerprint density at radius 3 is 2.59 bits per heavy atom. The van der Waals surface area contributed by atoms with Crippen LogP contribution >= 0.6 is 0 Å². The number of nitrogens with zero attached hydrogens (tertiary/aromatic N) is 3. The Morgan fingerprint density at radius 2 is 1.96 bits per heavy atom. The van der Waals surface area contributed by atoms with E-state index in [1.807, 2.05) is 0 Å². The Bertz CT molecular complexity index is 955. The van der Waals surface area contributed by atoms with Crippen LogP contribution in [0.5, 0.6) is 0 Å². The zero-order valence-corrected chi connectivity index (χ0v) is 15.5. The third-order valence-corrected chi connectivity index (χ3v) is 5.00. The van der Waals surface area contributed by atoms with Crippen LogP contribution in [0.2, 0.25) is 0 Å². The monoisotopic (exact) mass is 392 g/mol. The maximum Gasteiger partial charge on any atom is 0.356 e. The second-order valence-electron chi connectivity index (χ2n) is 6.45. The molecule has 3 rings (SSSR count). The third-order valence-electron chi connectivity index (χ3n) is 4.24. The molecule has 1 amide bonds. The minimum atomic E-state index is -3.38. The van der Waals surface area contributed by atoms with Crippen LogP contribution in [0.25, 0.3) is 5.69 Å². The number of carbonyl (C=O) groups excluding carboxylic acids is 1. The normalized spacial score (nSPS) is 17.7. The molecule has 1 atom stereocenters. The van der Waals surface area contributed by atoms with E-state index in [0.717, 1.165) is 6.26 Å². The Morgan fingerprint density at radius 1 is 1.26 bits per heavy atom. The van der Waals surface area contributed by atoms with Gasteiger partial charge in [-0.05, 0) is 25.0 Å². The fourth-order valence-corrected chi connectivity index (χ4v) is 3.92. The second-order valence-corrected chi connectivity index (χ2v) is 8.23. The van der Waals surface area contributed by atoms with Gasteiger partial charge in [-0.1, -0.05) is 18.2 Å². The van der Waals surface area contributed by atoms with E-state index in [1.54, 1.807) is 30.3 Å². The molecule has 1 aliphatic rings. The van der Waals surface area contributed by atoms with Crippen LogP contribution < -0.4 is 4.72 Å². The fraction of sp³-hybridized carbons (Fsp3) is 0.353. The van der Waals surface area contributed by atoms with E-state index in [2.05, 4.69) is 9.82 Å². The van der Waals surface area contributed by atoms with Crippen LogP contribution in [0.3, 0.4) is 0 Å². The van der Waals surface area contributed by atoms with Crippen LogP contribution in [0.1, 0.15) is 33.8 Å². The van der Waals surface area contributed by atoms with E-state index in [4.69, 9.17) is 0 Å². The van der Waals surface area contributed by atoms with Gasteiger partial charge in [0.05, 0.1) is 11.9 Å². The van der Waals surface area contributed by atoms with Gasteiger partial charge in [0.15, 0.2) is 5.69 Å². The summed E-state index contributed by atoms with van der Waals surface area (Å²) in [6, 6.07) is 9.64. The molecule has 0 unspecified atom stereocenters. The summed E-state index contributed by atoms with van der Waals surface area (Å²) in [5.74, 6) is -1.62. The number of aromatic nitrogens is 2. The molecule has 1 saturated heterocycles. The molecule has 2 aromatic rings. The average molecular weight is 392 g/mol. The van der Waals surface area contributed by atoms with E-state index >= 15 is 0 Å². The molecule has 9 nitrogen and oxygen atoms in total. The molecule has 2 N–H and O–H groups in total. The van der Waals surface area contributed by atoms with Crippen LogP contribution in [0, 0.1) is 0 Å². The van der Waals surface area contributed by atoms with Gasteiger partial charge in [0.1, 0.15) is 5.69 Å². The predicted molar refractivity (Wildman–Crippen MR) is 97.4 cm³/mol. The highest BCUT2D eigenvalue weighted by atomic mass is 32.2. The van der Waals surface area contributed by atoms with Crippen LogP contribution in [0.4, 0.5) is 0 Å². The van der Waals surface area contributed by atoms with Crippen LogP contribution in [-0.2, 0) is 10.0 Å². The van der Waals surface area contributed by atoms with Crippen molar-refractivity contribution in [1.82, 2.24) is 19.4 Å². The highest BCUT2D eigenvalue weighted by Crippen LogP contribution is 2.18. The van der Waals surface area contributed by atoms with Crippen molar-refractivity contribution in [3.8, 4) is 5.69 Å². The highest BCUT2D eigenvalue weighted by Gasteiger charge is 2.29. The van der Waals surface area contributed by atoms with Crippen molar-refractivity contribution in [2.75, 3.05) is 19.3 Å². The Kier molecular flexibility index (Phi) is 5.29. The van der Waals surface area contributed by atoms with Gasteiger partial charge in [-0.2, -0.15) is 5.10 Å². The molecule has 0 bridgehead atoms. The number of amides is 1. The van der Waals surface area contributed by atoms with Crippen molar-refractivity contribution < 1.29 is 23.1 Å². The molecule has 1 fully saturated rings. The molecule has 0 saturated carbocycles. The molecule has 0 spiro atoms. The summed E-state index contributed by atoms with van der Waals surface area (Å²) in [6.07, 6.45) is 2.36. The number of hydrogen-bond acceptors (Lipinski definition) is 5. The summed E-state index contributed by atoms with van der Waals surface area (Å²) in [5.41, 5.74) is 0.458. The van der Waals surface area contributed by atoms with E-state index in [0.29, 0.717) is 25.1 Å². The molecule has 27 heavy (non-hydrogen) atoms. The highest BCUT2D eigenvalue weighted by molar-refractivity contribution is 7.88. The number of hydrogen-bond donors (Lipinski definition) is 2. The topological polar surface area (TPSA) is 122 Å². The summed E-state index contributed by atoms with van der Waals surface area (Å²) in [4.78, 5) is 25.9. The Balaban J connectivity index is 1.91. The number of aromatic carboxylic acids is 1. The van der Waals surface area contributed by atoms with Crippen LogP contribution in [-0.4, -0.2) is 65.5 Å². The lowest BCUT2D eigenvalue weighted by atomic mass is 10.1. The third kappa shape index (κ3) is 4.52. The number of para-hydroxylation sites is 1. The SMILES string of the molecule is CS(=O)(=O)N[C@@H]1CCCN(C(=O)c2cc(C(=O)O)nn2-c2ccccc2)C1. The van der Waals surface area contributed by atoms with Gasteiger partial charge < -0.3 is 10.0 Å². The molecule has 1 aliphatic heterocycles. The zero-order valence-electron chi connectivity index (χ0n) is 14.7. The van der Waals surface area contributed by atoms with Gasteiger partial charge in [0.2, 0.25) is 10.0 Å². The first kappa shape index (κ1) is 19.1. The number of benzene rings is 1. The molecule has 10 heteroatoms. The van der Waals surface area contributed by atoms with Crippen molar-refractivity contribution in [1.29, 1.82) is 0 Å². The summed E-state index contributed by atoms with van der Waals surface area (Å²) in [6.45, 7) is 0.678. The van der Waals surface area contributed by atoms with Crippen molar-refractivity contribution in [2.24, 2.45) is 0 Å². The van der Waals surface area contributed by atoms with Gasteiger partial charge >= 0.3 is 5.97 Å². The first-order valence-corrected chi connectivity index (χ1v) is 10.3. The number of rotatable bonds is 5. The molecule has 2 heterocycles. The fourth-order valence-electron chi connectivity index (χ4n) is 3.13. The maximum absolute atomic E-state index is 13.0. The maximum atomic E-state index is 13.0. The number of piperidine rings is 1. The minimum absolute atomic E-state index is 0.124. The van der Waals surface area contributed by atoms with Gasteiger partial charge in [-0.25, -0.2) is 22.6 Å². The second kappa shape index (κ2) is 7.49. The molecule has 0 radical (unpaired) electrons. The average Bonchev–Trinajstić information content (AvgIpc) is 3.06. The summed E-state index contributed by atoms with van der Waals surface area (Å²) < 4.78 is 26.8. The molecule has 1 aromatic heterocycles. The predicted octanol–water partition coefficient (Wildman–Crippen LogP) is 0.724. The van der Waals surface area contributed by atoms with E-state index in [9.17, 15) is 23.1 Å². The minimum Gasteiger partial charge on any atom is -0.476 e. The van der Waals surface area contributed by atoms with Gasteiger partial charge in [-0.15, -0.1) is 0 Å². The lowest BCUT2D eigenvalue weighted by Gasteiger charge is -2.32. The standard InChI is InChI=1S/C17H20N4O5S/c1-27(25,26)19-12-6-5-9-20(11-12)16(22)15-10-14(17(23)24)18-21(15)13-7-3-2-4-8-13/h2-4,7-8,10,12,19H,5-6,9,11H2,1H3,(H,23,24)/t12-/m1/s1. The zero-order chi connectivity index (χ0) is 19.6. The molecular weight excluding hydrogens is 372 g/mol. The molecular formula is C17H20N4O5S. The number of sulfonamides is 1. The lowest BCUT2D eigenvalue weighted by molar-refractivity contribution is 0.0685. The summed E-state index contributed by atoms with van der Waals surface area (Å²) >= 11 is 0. The van der Waals surface area contributed by atoms with E-state index in [-0.39, 0.29) is 29.9 Å². The lowest BCUT2D eigenvalue weighted by Crippen LogP contribution is -2.49. The van der Waals surface area contributed by atoms with E-state index in [1.165, 1.54) is 15.6 Å².